The zero-order valence-electron chi connectivity index (χ0n) is 14.6. The molecule has 0 saturated heterocycles. The van der Waals surface area contributed by atoms with E-state index in [1.54, 1.807) is 29.8 Å². The standard InChI is InChI=1S/C17H17Cl3N6O/c1-21-17(22-8-12-7-13(19)15(20)26(12)2)23-9-14-24-16(25-27-14)10-3-5-11(18)6-4-10/h3-7H,8-9H2,1-2H3,(H2,21,22,23). The number of hydrogen-bond acceptors (Lipinski definition) is 4. The summed E-state index contributed by atoms with van der Waals surface area (Å²) >= 11 is 18.0. The average molecular weight is 428 g/mol. The minimum absolute atomic E-state index is 0.328. The van der Waals surface area contributed by atoms with Gasteiger partial charge in [-0.15, -0.1) is 0 Å². The first kappa shape index (κ1) is 19.5. The molecule has 1 aromatic carbocycles. The largest absolute Gasteiger partial charge is 0.351 e. The Morgan fingerprint density at radius 2 is 1.85 bits per heavy atom. The van der Waals surface area contributed by atoms with Crippen molar-refractivity contribution < 1.29 is 4.52 Å². The Balaban J connectivity index is 1.57. The number of guanidine groups is 1. The van der Waals surface area contributed by atoms with Gasteiger partial charge in [0, 0.05) is 30.4 Å². The first-order chi connectivity index (χ1) is 13.0. The smallest absolute Gasteiger partial charge is 0.246 e. The third-order valence-corrected chi connectivity index (χ3v) is 4.95. The predicted octanol–water partition coefficient (Wildman–Crippen LogP) is 3.90. The summed E-state index contributed by atoms with van der Waals surface area (Å²) in [5.74, 6) is 1.52. The molecule has 2 aromatic heterocycles. The highest BCUT2D eigenvalue weighted by Crippen LogP contribution is 2.25. The molecule has 142 valence electrons. The van der Waals surface area contributed by atoms with Crippen LogP contribution in [0.25, 0.3) is 11.4 Å². The quantitative estimate of drug-likeness (QED) is 0.477. The van der Waals surface area contributed by atoms with E-state index in [-0.39, 0.29) is 0 Å². The van der Waals surface area contributed by atoms with Gasteiger partial charge in [0.2, 0.25) is 11.7 Å². The fraction of sp³-hybridized carbons (Fsp3) is 0.235. The highest BCUT2D eigenvalue weighted by atomic mass is 35.5. The minimum atomic E-state index is 0.328. The summed E-state index contributed by atoms with van der Waals surface area (Å²) in [7, 11) is 3.52. The second-order valence-electron chi connectivity index (χ2n) is 5.63. The van der Waals surface area contributed by atoms with E-state index in [1.807, 2.05) is 19.2 Å². The molecule has 0 atom stereocenters. The van der Waals surface area contributed by atoms with Gasteiger partial charge in [0.25, 0.3) is 0 Å². The molecule has 0 aliphatic heterocycles. The van der Waals surface area contributed by atoms with Crippen molar-refractivity contribution in [2.75, 3.05) is 7.05 Å². The van der Waals surface area contributed by atoms with Crippen molar-refractivity contribution in [1.29, 1.82) is 0 Å². The molecule has 3 rings (SSSR count). The minimum Gasteiger partial charge on any atom is -0.351 e. The van der Waals surface area contributed by atoms with Crippen LogP contribution in [0, 0.1) is 0 Å². The number of hydrogen-bond donors (Lipinski definition) is 2. The van der Waals surface area contributed by atoms with Crippen LogP contribution >= 0.6 is 34.8 Å². The van der Waals surface area contributed by atoms with Crippen molar-refractivity contribution in [3.63, 3.8) is 0 Å². The van der Waals surface area contributed by atoms with Crippen molar-refractivity contribution in [2.24, 2.45) is 12.0 Å². The lowest BCUT2D eigenvalue weighted by molar-refractivity contribution is 0.375. The van der Waals surface area contributed by atoms with Gasteiger partial charge in [-0.1, -0.05) is 40.0 Å². The van der Waals surface area contributed by atoms with Gasteiger partial charge < -0.3 is 19.7 Å². The summed E-state index contributed by atoms with van der Waals surface area (Å²) in [5.41, 5.74) is 1.75. The average Bonchev–Trinajstić information content (AvgIpc) is 3.23. The van der Waals surface area contributed by atoms with E-state index in [4.69, 9.17) is 39.3 Å². The highest BCUT2D eigenvalue weighted by Gasteiger charge is 2.11. The van der Waals surface area contributed by atoms with Crippen LogP contribution in [0.1, 0.15) is 11.6 Å². The second-order valence-corrected chi connectivity index (χ2v) is 6.83. The number of halogens is 3. The molecule has 0 amide bonds. The van der Waals surface area contributed by atoms with Crippen LogP contribution in [0.3, 0.4) is 0 Å². The summed E-state index contributed by atoms with van der Waals surface area (Å²) < 4.78 is 7.07. The number of rotatable bonds is 5. The van der Waals surface area contributed by atoms with Gasteiger partial charge in [0.15, 0.2) is 5.96 Å². The van der Waals surface area contributed by atoms with E-state index in [0.29, 0.717) is 46.0 Å². The zero-order valence-corrected chi connectivity index (χ0v) is 16.9. The lowest BCUT2D eigenvalue weighted by Crippen LogP contribution is -2.36. The van der Waals surface area contributed by atoms with Crippen molar-refractivity contribution in [2.45, 2.75) is 13.1 Å². The molecule has 0 aliphatic carbocycles. The van der Waals surface area contributed by atoms with Gasteiger partial charge >= 0.3 is 0 Å². The maximum atomic E-state index is 6.07. The lowest BCUT2D eigenvalue weighted by atomic mass is 10.2. The van der Waals surface area contributed by atoms with Crippen molar-refractivity contribution in [3.05, 3.63) is 57.1 Å². The summed E-state index contributed by atoms with van der Waals surface area (Å²) in [4.78, 5) is 8.53. The molecule has 0 saturated carbocycles. The molecule has 0 unspecified atom stereocenters. The summed E-state index contributed by atoms with van der Waals surface area (Å²) in [6.07, 6.45) is 0. The maximum absolute atomic E-state index is 6.07. The molecule has 0 fully saturated rings. The maximum Gasteiger partial charge on any atom is 0.246 e. The van der Waals surface area contributed by atoms with Crippen molar-refractivity contribution in [1.82, 2.24) is 25.3 Å². The SMILES string of the molecule is CN=C(NCc1nc(-c2ccc(Cl)cc2)no1)NCc1cc(Cl)c(Cl)n1C. The molecule has 3 aromatic rings. The van der Waals surface area contributed by atoms with Gasteiger partial charge in [-0.25, -0.2) is 0 Å². The molecular weight excluding hydrogens is 411 g/mol. The topological polar surface area (TPSA) is 80.3 Å². The van der Waals surface area contributed by atoms with E-state index in [1.165, 1.54) is 0 Å². The molecular formula is C17H17Cl3N6O. The Labute approximate surface area is 171 Å². The Morgan fingerprint density at radius 3 is 2.48 bits per heavy atom. The number of aromatic nitrogens is 3. The fourth-order valence-electron chi connectivity index (χ4n) is 2.36. The van der Waals surface area contributed by atoms with Gasteiger partial charge in [0.1, 0.15) is 5.15 Å². The Morgan fingerprint density at radius 1 is 1.15 bits per heavy atom. The Bertz CT molecular complexity index is 948. The number of aliphatic imine (C=N–C) groups is 1. The van der Waals surface area contributed by atoms with Gasteiger partial charge in [0.05, 0.1) is 18.1 Å². The molecule has 2 heterocycles. The van der Waals surface area contributed by atoms with Gasteiger partial charge in [-0.2, -0.15) is 4.98 Å². The molecule has 0 bridgehead atoms. The van der Waals surface area contributed by atoms with Crippen LogP contribution in [0.4, 0.5) is 0 Å². The summed E-state index contributed by atoms with van der Waals surface area (Å²) in [6.45, 7) is 0.831. The monoisotopic (exact) mass is 426 g/mol. The molecule has 0 spiro atoms. The van der Waals surface area contributed by atoms with Crippen LogP contribution in [0.15, 0.2) is 39.8 Å². The van der Waals surface area contributed by atoms with Crippen LogP contribution in [0.5, 0.6) is 0 Å². The Kier molecular flexibility index (Phi) is 6.26. The number of benzene rings is 1. The number of nitrogens with zero attached hydrogens (tertiary/aromatic N) is 4. The molecule has 0 aliphatic rings. The molecule has 2 N–H and O–H groups in total. The Hall–Kier alpha value is -2.22. The van der Waals surface area contributed by atoms with Crippen LogP contribution in [-0.4, -0.2) is 27.7 Å². The highest BCUT2D eigenvalue weighted by molar-refractivity contribution is 6.41. The second kappa shape index (κ2) is 8.65. The van der Waals surface area contributed by atoms with Crippen molar-refractivity contribution in [3.8, 4) is 11.4 Å². The van der Waals surface area contributed by atoms with Crippen LogP contribution in [-0.2, 0) is 20.1 Å². The zero-order chi connectivity index (χ0) is 19.4. The molecule has 27 heavy (non-hydrogen) atoms. The summed E-state index contributed by atoms with van der Waals surface area (Å²) in [5, 5.41) is 11.9. The van der Waals surface area contributed by atoms with E-state index in [2.05, 4.69) is 25.8 Å². The third kappa shape index (κ3) is 4.74. The summed E-state index contributed by atoms with van der Waals surface area (Å²) in [6, 6.07) is 9.03. The van der Waals surface area contributed by atoms with E-state index in [0.717, 1.165) is 11.3 Å². The first-order valence-corrected chi connectivity index (χ1v) is 9.14. The van der Waals surface area contributed by atoms with Crippen LogP contribution in [0.2, 0.25) is 15.2 Å². The fourth-order valence-corrected chi connectivity index (χ4v) is 2.90. The van der Waals surface area contributed by atoms with E-state index >= 15 is 0 Å². The molecule has 10 heteroatoms. The third-order valence-electron chi connectivity index (χ3n) is 3.85. The van der Waals surface area contributed by atoms with E-state index in [9.17, 15) is 0 Å². The van der Waals surface area contributed by atoms with Gasteiger partial charge in [-0.3, -0.25) is 4.99 Å². The molecule has 7 nitrogen and oxygen atoms in total. The van der Waals surface area contributed by atoms with Crippen molar-refractivity contribution >= 4 is 40.8 Å². The predicted molar refractivity (Wildman–Crippen MR) is 107 cm³/mol. The number of nitrogens with one attached hydrogen (secondary N) is 2. The lowest BCUT2D eigenvalue weighted by Gasteiger charge is -2.11. The van der Waals surface area contributed by atoms with E-state index < -0.39 is 0 Å². The molecule has 0 radical (unpaired) electrons. The van der Waals surface area contributed by atoms with Crippen LogP contribution < -0.4 is 10.6 Å². The first-order valence-electron chi connectivity index (χ1n) is 8.00. The normalized spacial score (nSPS) is 11.7. The van der Waals surface area contributed by atoms with Gasteiger partial charge in [-0.05, 0) is 30.3 Å².